The van der Waals surface area contributed by atoms with Crippen molar-refractivity contribution in [1.29, 1.82) is 0 Å². The highest BCUT2D eigenvalue weighted by atomic mass is 35.5. The summed E-state index contributed by atoms with van der Waals surface area (Å²) in [5.41, 5.74) is 2.59. The van der Waals surface area contributed by atoms with Crippen LogP contribution in [0.4, 0.5) is 0 Å². The second-order valence-corrected chi connectivity index (χ2v) is 8.54. The summed E-state index contributed by atoms with van der Waals surface area (Å²) < 4.78 is 24.6. The van der Waals surface area contributed by atoms with Crippen molar-refractivity contribution in [2.45, 2.75) is 38.8 Å². The molecule has 1 fully saturated rings. The van der Waals surface area contributed by atoms with E-state index in [4.69, 9.17) is 30.5 Å². The summed E-state index contributed by atoms with van der Waals surface area (Å²) >= 11 is 5.96. The third-order valence-corrected chi connectivity index (χ3v) is 5.89. The first-order chi connectivity index (χ1) is 16.5. The van der Waals surface area contributed by atoms with Crippen molar-refractivity contribution in [3.63, 3.8) is 0 Å². The van der Waals surface area contributed by atoms with Crippen LogP contribution >= 0.6 is 11.6 Å². The zero-order chi connectivity index (χ0) is 23.9. The predicted octanol–water partition coefficient (Wildman–Crippen LogP) is 4.63. The molecule has 7 nitrogen and oxygen atoms in total. The van der Waals surface area contributed by atoms with Crippen molar-refractivity contribution in [1.82, 2.24) is 9.55 Å². The molecular formula is C26H29ClN2O5. The van der Waals surface area contributed by atoms with E-state index in [1.54, 1.807) is 10.6 Å². The van der Waals surface area contributed by atoms with Gasteiger partial charge in [0.05, 0.1) is 16.8 Å². The summed E-state index contributed by atoms with van der Waals surface area (Å²) in [6.45, 7) is 8.03. The molecule has 2 aliphatic heterocycles. The van der Waals surface area contributed by atoms with E-state index in [1.807, 2.05) is 43.3 Å². The number of hydrogen-bond acceptors (Lipinski definition) is 6. The second-order valence-electron chi connectivity index (χ2n) is 8.09. The molecule has 0 bridgehead atoms. The summed E-state index contributed by atoms with van der Waals surface area (Å²) in [6.07, 6.45) is 8.27. The van der Waals surface area contributed by atoms with Gasteiger partial charge in [0, 0.05) is 24.8 Å². The van der Waals surface area contributed by atoms with E-state index >= 15 is 0 Å². The summed E-state index contributed by atoms with van der Waals surface area (Å²) in [6, 6.07) is 7.70. The van der Waals surface area contributed by atoms with Crippen LogP contribution in [-0.2, 0) is 22.4 Å². The highest BCUT2D eigenvalue weighted by molar-refractivity contribution is 6.31. The molecule has 0 saturated carbocycles. The average Bonchev–Trinajstić information content (AvgIpc) is 3.35. The number of halogens is 1. The van der Waals surface area contributed by atoms with Gasteiger partial charge in [-0.05, 0) is 56.0 Å². The minimum Gasteiger partial charge on any atom is -0.490 e. The fourth-order valence-corrected chi connectivity index (χ4v) is 4.13. The van der Waals surface area contributed by atoms with Crippen molar-refractivity contribution in [3.05, 3.63) is 75.9 Å². The Bertz CT molecular complexity index is 1150. The molecular weight excluding hydrogens is 456 g/mol. The molecule has 0 spiro atoms. The quantitative estimate of drug-likeness (QED) is 0.278. The van der Waals surface area contributed by atoms with E-state index in [1.165, 1.54) is 0 Å². The van der Waals surface area contributed by atoms with Crippen LogP contribution in [0.5, 0.6) is 11.6 Å². The van der Waals surface area contributed by atoms with Crippen molar-refractivity contribution in [2.24, 2.45) is 0 Å². The Morgan fingerprint density at radius 3 is 2.97 bits per heavy atom. The van der Waals surface area contributed by atoms with E-state index in [0.29, 0.717) is 43.0 Å². The number of benzene rings is 1. The van der Waals surface area contributed by atoms with Gasteiger partial charge in [-0.3, -0.25) is 4.57 Å². The van der Waals surface area contributed by atoms with Crippen molar-refractivity contribution in [3.8, 4) is 22.9 Å². The van der Waals surface area contributed by atoms with E-state index in [-0.39, 0.29) is 11.8 Å². The highest BCUT2D eigenvalue weighted by Gasteiger charge is 2.21. The number of hydrogen-bond donors (Lipinski definition) is 0. The Morgan fingerprint density at radius 2 is 2.21 bits per heavy atom. The Labute approximate surface area is 204 Å². The molecule has 1 unspecified atom stereocenters. The Balaban J connectivity index is 1.41. The standard InChI is InChI=1S/C26H29ClN2O5/c1-3-4-7-24(18(2)27)33-14-13-32-20-8-9-22-19(15-20)10-11-29-23(22)16-25(28-26(29)30)34-17-21-6-5-12-31-21/h3-4,7-9,15-16,21H,2,5-6,10-14,17H2,1H3/b4-3-,24-7+. The van der Waals surface area contributed by atoms with Gasteiger partial charge in [-0.2, -0.15) is 4.98 Å². The van der Waals surface area contributed by atoms with Crippen molar-refractivity contribution < 1.29 is 18.9 Å². The predicted molar refractivity (Wildman–Crippen MR) is 131 cm³/mol. The molecule has 0 radical (unpaired) electrons. The van der Waals surface area contributed by atoms with Gasteiger partial charge in [-0.1, -0.05) is 30.3 Å². The maximum atomic E-state index is 12.6. The Kier molecular flexibility index (Phi) is 8.08. The first-order valence-electron chi connectivity index (χ1n) is 11.5. The van der Waals surface area contributed by atoms with Crippen LogP contribution in [0, 0.1) is 0 Å². The lowest BCUT2D eigenvalue weighted by atomic mass is 9.97. The summed E-state index contributed by atoms with van der Waals surface area (Å²) in [7, 11) is 0. The fraction of sp³-hybridized carbons (Fsp3) is 0.385. The number of fused-ring (bicyclic) bond motifs is 3. The van der Waals surface area contributed by atoms with Gasteiger partial charge in [-0.25, -0.2) is 4.79 Å². The monoisotopic (exact) mass is 484 g/mol. The van der Waals surface area contributed by atoms with Gasteiger partial charge >= 0.3 is 5.69 Å². The molecule has 1 saturated heterocycles. The molecule has 2 aliphatic rings. The molecule has 4 rings (SSSR count). The molecule has 3 heterocycles. The van der Waals surface area contributed by atoms with Gasteiger partial charge in [-0.15, -0.1) is 0 Å². The maximum absolute atomic E-state index is 12.6. The minimum atomic E-state index is -0.300. The van der Waals surface area contributed by atoms with Crippen molar-refractivity contribution >= 4 is 11.6 Å². The second kappa shape index (κ2) is 11.4. The smallest absolute Gasteiger partial charge is 0.351 e. The van der Waals surface area contributed by atoms with Crippen LogP contribution in [0.15, 0.2) is 64.7 Å². The number of rotatable bonds is 10. The summed E-state index contributed by atoms with van der Waals surface area (Å²) in [5, 5.41) is 0.342. The number of aryl methyl sites for hydroxylation is 1. The lowest BCUT2D eigenvalue weighted by Crippen LogP contribution is -2.29. The molecule has 1 atom stereocenters. The van der Waals surface area contributed by atoms with Crippen LogP contribution in [0.25, 0.3) is 11.3 Å². The number of nitrogens with zero attached hydrogens (tertiary/aromatic N) is 2. The molecule has 8 heteroatoms. The summed E-state index contributed by atoms with van der Waals surface area (Å²) in [5.74, 6) is 1.59. The molecule has 0 amide bonds. The zero-order valence-electron chi connectivity index (χ0n) is 19.3. The third kappa shape index (κ3) is 5.90. The van der Waals surface area contributed by atoms with Gasteiger partial charge < -0.3 is 18.9 Å². The Hall–Kier alpha value is -3.03. The van der Waals surface area contributed by atoms with Gasteiger partial charge in [0.2, 0.25) is 5.88 Å². The topological polar surface area (TPSA) is 71.8 Å². The lowest BCUT2D eigenvalue weighted by molar-refractivity contribution is 0.0661. The van der Waals surface area contributed by atoms with Crippen LogP contribution < -0.4 is 15.2 Å². The largest absolute Gasteiger partial charge is 0.490 e. The molecule has 2 aromatic rings. The van der Waals surface area contributed by atoms with Crippen LogP contribution in [0.3, 0.4) is 0 Å². The SMILES string of the molecule is C=C(Cl)/C(=C\C=C/C)OCCOc1ccc2c(c1)CCn1c-2cc(OCC2CCCO2)nc1=O. The van der Waals surface area contributed by atoms with Crippen molar-refractivity contribution in [2.75, 3.05) is 26.4 Å². The first kappa shape index (κ1) is 24.1. The zero-order valence-corrected chi connectivity index (χ0v) is 20.1. The number of allylic oxidation sites excluding steroid dienone is 4. The molecule has 1 aromatic carbocycles. The van der Waals surface area contributed by atoms with Gasteiger partial charge in [0.25, 0.3) is 0 Å². The first-order valence-corrected chi connectivity index (χ1v) is 11.9. The molecule has 0 N–H and O–H groups in total. The fourth-order valence-electron chi connectivity index (χ4n) is 4.01. The van der Waals surface area contributed by atoms with E-state index in [0.717, 1.165) is 48.4 Å². The van der Waals surface area contributed by atoms with Gasteiger partial charge in [0.15, 0.2) is 0 Å². The van der Waals surface area contributed by atoms with Gasteiger partial charge in [0.1, 0.15) is 31.3 Å². The van der Waals surface area contributed by atoms with E-state index < -0.39 is 0 Å². The van der Waals surface area contributed by atoms with Crippen LogP contribution in [-0.4, -0.2) is 42.1 Å². The Morgan fingerprint density at radius 1 is 1.32 bits per heavy atom. The average molecular weight is 485 g/mol. The molecule has 34 heavy (non-hydrogen) atoms. The number of aromatic nitrogens is 2. The normalized spacial score (nSPS) is 17.4. The molecule has 0 aliphatic carbocycles. The molecule has 1 aromatic heterocycles. The van der Waals surface area contributed by atoms with Crippen LogP contribution in [0.2, 0.25) is 0 Å². The lowest BCUT2D eigenvalue weighted by Gasteiger charge is -2.22. The van der Waals surface area contributed by atoms with E-state index in [2.05, 4.69) is 11.6 Å². The van der Waals surface area contributed by atoms with E-state index in [9.17, 15) is 4.79 Å². The maximum Gasteiger partial charge on any atom is 0.351 e. The number of ether oxygens (including phenoxy) is 4. The van der Waals surface area contributed by atoms with Crippen LogP contribution in [0.1, 0.15) is 25.3 Å². The molecule has 180 valence electrons. The minimum absolute atomic E-state index is 0.0637. The third-order valence-electron chi connectivity index (χ3n) is 5.70. The highest BCUT2D eigenvalue weighted by Crippen LogP contribution is 2.32. The summed E-state index contributed by atoms with van der Waals surface area (Å²) in [4.78, 5) is 16.7.